The Hall–Kier alpha value is -3.16. The van der Waals surface area contributed by atoms with Crippen molar-refractivity contribution in [2.45, 2.75) is 19.4 Å². The van der Waals surface area contributed by atoms with Crippen molar-refractivity contribution in [1.29, 1.82) is 0 Å². The lowest BCUT2D eigenvalue weighted by molar-refractivity contribution is -0.393. The summed E-state index contributed by atoms with van der Waals surface area (Å²) in [6, 6.07) is 10.8. The molecular formula is C16H17N3O5. The molecule has 0 unspecified atom stereocenters. The average Bonchev–Trinajstić information content (AvgIpc) is 2.59. The van der Waals surface area contributed by atoms with E-state index in [9.17, 15) is 20.2 Å². The smallest absolute Gasteiger partial charge is 0.299 e. The van der Waals surface area contributed by atoms with Gasteiger partial charge in [-0.2, -0.15) is 0 Å². The van der Waals surface area contributed by atoms with Crippen LogP contribution in [0.1, 0.15) is 24.9 Å². The molecule has 0 aromatic heterocycles. The fourth-order valence-electron chi connectivity index (χ4n) is 2.35. The van der Waals surface area contributed by atoms with Crippen molar-refractivity contribution < 1.29 is 14.6 Å². The molecule has 0 aliphatic heterocycles. The first-order chi connectivity index (χ1) is 11.5. The highest BCUT2D eigenvalue weighted by Gasteiger charge is 2.21. The maximum Gasteiger partial charge on any atom is 0.299 e. The normalized spacial score (nSPS) is 11.6. The summed E-state index contributed by atoms with van der Waals surface area (Å²) < 4.78 is 5.11. The Balaban J connectivity index is 2.32. The molecule has 24 heavy (non-hydrogen) atoms. The Morgan fingerprint density at radius 1 is 1.08 bits per heavy atom. The SMILES string of the molecule is CC[C@H](Nc1ccc([N+](=O)[O-])cc1[N+](=O)[O-])c1ccc(OC)cc1. The van der Waals surface area contributed by atoms with Gasteiger partial charge in [0.1, 0.15) is 11.4 Å². The Kier molecular flexibility index (Phi) is 5.31. The van der Waals surface area contributed by atoms with Crippen molar-refractivity contribution in [2.75, 3.05) is 12.4 Å². The van der Waals surface area contributed by atoms with Crippen LogP contribution in [0.5, 0.6) is 5.75 Å². The standard InChI is InChI=1S/C16H17N3O5/c1-3-14(11-4-7-13(24-2)8-5-11)17-15-9-6-12(18(20)21)10-16(15)19(22)23/h4-10,14,17H,3H2,1-2H3/t14-/m0/s1. The molecule has 126 valence electrons. The van der Waals surface area contributed by atoms with Gasteiger partial charge in [-0.1, -0.05) is 19.1 Å². The Morgan fingerprint density at radius 2 is 1.75 bits per heavy atom. The van der Waals surface area contributed by atoms with Gasteiger partial charge in [0.15, 0.2) is 0 Å². The van der Waals surface area contributed by atoms with Crippen LogP contribution >= 0.6 is 0 Å². The van der Waals surface area contributed by atoms with Crippen molar-refractivity contribution in [2.24, 2.45) is 0 Å². The molecule has 1 atom stereocenters. The van der Waals surface area contributed by atoms with E-state index in [1.54, 1.807) is 7.11 Å². The molecule has 0 amide bonds. The van der Waals surface area contributed by atoms with Gasteiger partial charge in [-0.25, -0.2) is 0 Å². The number of methoxy groups -OCH3 is 1. The van der Waals surface area contributed by atoms with E-state index in [0.29, 0.717) is 6.42 Å². The number of ether oxygens (including phenoxy) is 1. The summed E-state index contributed by atoms with van der Waals surface area (Å²) in [5.41, 5.74) is 0.542. The minimum atomic E-state index is -0.655. The van der Waals surface area contributed by atoms with E-state index >= 15 is 0 Å². The van der Waals surface area contributed by atoms with Crippen LogP contribution in [-0.2, 0) is 0 Å². The molecule has 0 saturated carbocycles. The number of non-ortho nitro benzene ring substituents is 1. The molecule has 2 aromatic carbocycles. The second kappa shape index (κ2) is 7.40. The number of nitrogens with one attached hydrogen (secondary N) is 1. The van der Waals surface area contributed by atoms with Gasteiger partial charge in [0, 0.05) is 6.07 Å². The fourth-order valence-corrected chi connectivity index (χ4v) is 2.35. The number of hydrogen-bond donors (Lipinski definition) is 1. The quantitative estimate of drug-likeness (QED) is 0.605. The van der Waals surface area contributed by atoms with E-state index in [-0.39, 0.29) is 23.1 Å². The molecule has 0 saturated heterocycles. The van der Waals surface area contributed by atoms with Gasteiger partial charge in [-0.05, 0) is 30.2 Å². The van der Waals surface area contributed by atoms with Gasteiger partial charge in [0.2, 0.25) is 0 Å². The van der Waals surface area contributed by atoms with Crippen LogP contribution in [0.3, 0.4) is 0 Å². The molecule has 8 nitrogen and oxygen atoms in total. The molecule has 0 aliphatic carbocycles. The summed E-state index contributed by atoms with van der Waals surface area (Å²) in [5, 5.41) is 25.1. The number of anilines is 1. The zero-order valence-corrected chi connectivity index (χ0v) is 13.3. The van der Waals surface area contributed by atoms with Crippen LogP contribution in [0.15, 0.2) is 42.5 Å². The predicted octanol–water partition coefficient (Wildman–Crippen LogP) is 4.07. The summed E-state index contributed by atoms with van der Waals surface area (Å²) >= 11 is 0. The molecule has 0 fully saturated rings. The largest absolute Gasteiger partial charge is 0.497 e. The van der Waals surface area contributed by atoms with Gasteiger partial charge in [0.05, 0.1) is 29.1 Å². The van der Waals surface area contributed by atoms with Crippen LogP contribution in [-0.4, -0.2) is 17.0 Å². The Labute approximate surface area is 138 Å². The summed E-state index contributed by atoms with van der Waals surface area (Å²) in [4.78, 5) is 20.7. The lowest BCUT2D eigenvalue weighted by Crippen LogP contribution is -2.11. The molecule has 1 N–H and O–H groups in total. The first-order valence-electron chi connectivity index (χ1n) is 7.29. The maximum atomic E-state index is 11.2. The summed E-state index contributed by atoms with van der Waals surface area (Å²) in [6.07, 6.45) is 0.681. The third-order valence-corrected chi connectivity index (χ3v) is 3.64. The third kappa shape index (κ3) is 3.78. The Bertz CT molecular complexity index is 746. The number of benzene rings is 2. The molecule has 0 radical (unpaired) electrons. The third-order valence-electron chi connectivity index (χ3n) is 3.64. The molecular weight excluding hydrogens is 314 g/mol. The maximum absolute atomic E-state index is 11.2. The number of nitrogens with zero attached hydrogens (tertiary/aromatic N) is 2. The van der Waals surface area contributed by atoms with Crippen molar-refractivity contribution in [3.8, 4) is 5.75 Å². The highest BCUT2D eigenvalue weighted by atomic mass is 16.6. The highest BCUT2D eigenvalue weighted by molar-refractivity contribution is 5.66. The summed E-state index contributed by atoms with van der Waals surface area (Å²) in [7, 11) is 1.57. The number of nitro benzene ring substituents is 2. The fraction of sp³-hybridized carbons (Fsp3) is 0.250. The lowest BCUT2D eigenvalue weighted by Gasteiger charge is -2.19. The first-order valence-corrected chi connectivity index (χ1v) is 7.29. The summed E-state index contributed by atoms with van der Waals surface area (Å²) in [6.45, 7) is 1.94. The Morgan fingerprint density at radius 3 is 2.25 bits per heavy atom. The van der Waals surface area contributed by atoms with E-state index in [1.807, 2.05) is 31.2 Å². The minimum Gasteiger partial charge on any atom is -0.497 e. The molecule has 0 bridgehead atoms. The molecule has 2 rings (SSSR count). The van der Waals surface area contributed by atoms with Gasteiger partial charge < -0.3 is 10.1 Å². The molecule has 0 aliphatic rings. The second-order valence-corrected chi connectivity index (χ2v) is 5.09. The van der Waals surface area contributed by atoms with Crippen LogP contribution in [0.4, 0.5) is 17.1 Å². The van der Waals surface area contributed by atoms with Crippen LogP contribution in [0, 0.1) is 20.2 Å². The van der Waals surface area contributed by atoms with Crippen LogP contribution < -0.4 is 10.1 Å². The van der Waals surface area contributed by atoms with Crippen molar-refractivity contribution in [3.05, 3.63) is 68.3 Å². The second-order valence-electron chi connectivity index (χ2n) is 5.09. The van der Waals surface area contributed by atoms with E-state index in [0.717, 1.165) is 17.4 Å². The number of rotatable bonds is 7. The van der Waals surface area contributed by atoms with Crippen LogP contribution in [0.25, 0.3) is 0 Å². The number of hydrogen-bond acceptors (Lipinski definition) is 6. The van der Waals surface area contributed by atoms with Gasteiger partial charge >= 0.3 is 0 Å². The molecule has 0 spiro atoms. The van der Waals surface area contributed by atoms with Crippen molar-refractivity contribution in [1.82, 2.24) is 0 Å². The van der Waals surface area contributed by atoms with Crippen LogP contribution in [0.2, 0.25) is 0 Å². The molecule has 8 heteroatoms. The van der Waals surface area contributed by atoms with Crippen molar-refractivity contribution in [3.63, 3.8) is 0 Å². The highest BCUT2D eigenvalue weighted by Crippen LogP contribution is 2.33. The average molecular weight is 331 g/mol. The molecule has 2 aromatic rings. The van der Waals surface area contributed by atoms with E-state index in [4.69, 9.17) is 4.74 Å². The van der Waals surface area contributed by atoms with Gasteiger partial charge in [0.25, 0.3) is 11.4 Å². The van der Waals surface area contributed by atoms with Gasteiger partial charge in [-0.3, -0.25) is 20.2 Å². The molecule has 0 heterocycles. The van der Waals surface area contributed by atoms with E-state index in [2.05, 4.69) is 5.32 Å². The zero-order valence-electron chi connectivity index (χ0n) is 13.3. The number of nitro groups is 2. The zero-order chi connectivity index (χ0) is 17.7. The minimum absolute atomic E-state index is 0.170. The first kappa shape index (κ1) is 17.2. The van der Waals surface area contributed by atoms with Gasteiger partial charge in [-0.15, -0.1) is 0 Å². The van der Waals surface area contributed by atoms with E-state index in [1.165, 1.54) is 12.1 Å². The predicted molar refractivity (Wildman–Crippen MR) is 89.4 cm³/mol. The lowest BCUT2D eigenvalue weighted by atomic mass is 10.0. The topological polar surface area (TPSA) is 108 Å². The van der Waals surface area contributed by atoms with E-state index < -0.39 is 9.85 Å². The monoisotopic (exact) mass is 331 g/mol. The van der Waals surface area contributed by atoms with Crippen molar-refractivity contribution >= 4 is 17.1 Å². The summed E-state index contributed by atoms with van der Waals surface area (Å²) in [5.74, 6) is 0.718.